The summed E-state index contributed by atoms with van der Waals surface area (Å²) in [5.41, 5.74) is 0.426. The zero-order chi connectivity index (χ0) is 15.2. The molecule has 0 radical (unpaired) electrons. The van der Waals surface area contributed by atoms with Crippen molar-refractivity contribution in [2.75, 3.05) is 0 Å². The smallest absolute Gasteiger partial charge is 0.335 e. The summed E-state index contributed by atoms with van der Waals surface area (Å²) in [5.74, 6) is -2.23. The van der Waals surface area contributed by atoms with Crippen LogP contribution in [0.25, 0.3) is 0 Å². The summed E-state index contributed by atoms with van der Waals surface area (Å²) >= 11 is 0. The average molecular weight is 268 g/mol. The largest absolute Gasteiger partial charge is 0.483 e. The minimum atomic E-state index is -1.12. The Morgan fingerprint density at radius 2 is 1.32 bits per heavy atom. The van der Waals surface area contributed by atoms with Crippen LogP contribution in [0.1, 0.15) is 47.1 Å². The molecule has 0 saturated heterocycles. The molecule has 0 bridgehead atoms. The van der Waals surface area contributed by atoms with Gasteiger partial charge in [0.25, 0.3) is 6.47 Å². The van der Waals surface area contributed by atoms with Gasteiger partial charge in [-0.25, -0.2) is 9.59 Å². The molecule has 104 valence electrons. The van der Waals surface area contributed by atoms with Crippen molar-refractivity contribution < 1.29 is 29.7 Å². The van der Waals surface area contributed by atoms with E-state index in [2.05, 4.69) is 0 Å². The lowest BCUT2D eigenvalue weighted by molar-refractivity contribution is -0.122. The molecule has 0 aliphatic carbocycles. The van der Waals surface area contributed by atoms with E-state index in [-0.39, 0.29) is 23.0 Å². The topological polar surface area (TPSA) is 112 Å². The maximum atomic E-state index is 10.9. The first-order valence-electron chi connectivity index (χ1n) is 5.33. The number of carboxylic acids is 2. The molecule has 6 heteroatoms. The lowest BCUT2D eigenvalue weighted by atomic mass is 9.85. The maximum absolute atomic E-state index is 10.9. The van der Waals surface area contributed by atoms with Crippen molar-refractivity contribution in [3.05, 3.63) is 34.9 Å². The first-order valence-corrected chi connectivity index (χ1v) is 5.33. The molecule has 0 fully saturated rings. The van der Waals surface area contributed by atoms with Crippen molar-refractivity contribution in [2.45, 2.75) is 26.2 Å². The molecule has 0 spiro atoms. The van der Waals surface area contributed by atoms with Crippen molar-refractivity contribution in [2.24, 2.45) is 0 Å². The minimum absolute atomic E-state index is 0.00447. The van der Waals surface area contributed by atoms with Gasteiger partial charge in [-0.15, -0.1) is 0 Å². The van der Waals surface area contributed by atoms with E-state index in [1.165, 1.54) is 18.2 Å². The number of rotatable bonds is 2. The maximum Gasteiger partial charge on any atom is 0.335 e. The normalized spacial score (nSPS) is 10.1. The SMILES string of the molecule is CC(C)(C)c1cc(C(=O)O)cc(C(=O)O)c1.O=CO. The number of carboxylic acid groups (broad SMARTS) is 3. The van der Waals surface area contributed by atoms with Crippen LogP contribution in [0.15, 0.2) is 18.2 Å². The molecule has 0 aliphatic heterocycles. The van der Waals surface area contributed by atoms with E-state index >= 15 is 0 Å². The summed E-state index contributed by atoms with van der Waals surface area (Å²) in [6, 6.07) is 4.18. The molecule has 6 nitrogen and oxygen atoms in total. The highest BCUT2D eigenvalue weighted by molar-refractivity contribution is 5.94. The molecular formula is C13H16O6. The predicted molar refractivity (Wildman–Crippen MR) is 67.8 cm³/mol. The van der Waals surface area contributed by atoms with E-state index in [1.54, 1.807) is 0 Å². The predicted octanol–water partition coefficient (Wildman–Crippen LogP) is 2.08. The number of carbonyl (C=O) groups is 3. The Morgan fingerprint density at radius 3 is 1.53 bits per heavy atom. The second-order valence-electron chi connectivity index (χ2n) is 4.76. The van der Waals surface area contributed by atoms with Gasteiger partial charge < -0.3 is 15.3 Å². The standard InChI is InChI=1S/C12H14O4.CH2O2/c1-12(2,3)9-5-7(10(13)14)4-8(6-9)11(15)16;2-1-3/h4-6H,1-3H3,(H,13,14)(H,15,16);1H,(H,2,3). The fourth-order valence-corrected chi connectivity index (χ4v) is 1.31. The molecule has 1 aromatic carbocycles. The van der Waals surface area contributed by atoms with Gasteiger partial charge >= 0.3 is 11.9 Å². The van der Waals surface area contributed by atoms with Gasteiger partial charge in [0, 0.05) is 0 Å². The zero-order valence-corrected chi connectivity index (χ0v) is 10.9. The van der Waals surface area contributed by atoms with Gasteiger partial charge in [0.2, 0.25) is 0 Å². The first kappa shape index (κ1) is 16.6. The Balaban J connectivity index is 0.000000982. The molecule has 3 N–H and O–H groups in total. The molecular weight excluding hydrogens is 252 g/mol. The van der Waals surface area contributed by atoms with Crippen LogP contribution in [0.3, 0.4) is 0 Å². The highest BCUT2D eigenvalue weighted by atomic mass is 16.4. The van der Waals surface area contributed by atoms with E-state index in [0.717, 1.165) is 0 Å². The number of aromatic carboxylic acids is 2. The molecule has 0 heterocycles. The highest BCUT2D eigenvalue weighted by Crippen LogP contribution is 2.24. The van der Waals surface area contributed by atoms with Crippen LogP contribution in [0, 0.1) is 0 Å². The third-order valence-corrected chi connectivity index (χ3v) is 2.29. The van der Waals surface area contributed by atoms with E-state index < -0.39 is 11.9 Å². The van der Waals surface area contributed by atoms with Gasteiger partial charge in [0.05, 0.1) is 11.1 Å². The molecule has 1 rings (SSSR count). The summed E-state index contributed by atoms with van der Waals surface area (Å²) in [4.78, 5) is 30.1. The molecule has 0 aromatic heterocycles. The van der Waals surface area contributed by atoms with Crippen LogP contribution in [0.2, 0.25) is 0 Å². The Kier molecular flexibility index (Phi) is 5.72. The first-order chi connectivity index (χ1) is 8.63. The minimum Gasteiger partial charge on any atom is -0.483 e. The third-order valence-electron chi connectivity index (χ3n) is 2.29. The van der Waals surface area contributed by atoms with E-state index in [9.17, 15) is 9.59 Å². The summed E-state index contributed by atoms with van der Waals surface area (Å²) in [6.45, 7) is 5.46. The van der Waals surface area contributed by atoms with Crippen LogP contribution in [-0.2, 0) is 10.2 Å². The van der Waals surface area contributed by atoms with Crippen molar-refractivity contribution in [1.82, 2.24) is 0 Å². The monoisotopic (exact) mass is 268 g/mol. The Labute approximate surface area is 110 Å². The van der Waals surface area contributed by atoms with E-state index in [0.29, 0.717) is 5.56 Å². The lowest BCUT2D eigenvalue weighted by Gasteiger charge is -2.20. The summed E-state index contributed by atoms with van der Waals surface area (Å²) in [7, 11) is 0. The Morgan fingerprint density at radius 1 is 1.00 bits per heavy atom. The van der Waals surface area contributed by atoms with Gasteiger partial charge in [-0.3, -0.25) is 4.79 Å². The van der Waals surface area contributed by atoms with Crippen molar-refractivity contribution in [3.8, 4) is 0 Å². The summed E-state index contributed by atoms with van der Waals surface area (Å²) in [5, 5.41) is 24.7. The summed E-state index contributed by atoms with van der Waals surface area (Å²) < 4.78 is 0. The van der Waals surface area contributed by atoms with Crippen LogP contribution < -0.4 is 0 Å². The van der Waals surface area contributed by atoms with Crippen LogP contribution in [0.4, 0.5) is 0 Å². The second-order valence-corrected chi connectivity index (χ2v) is 4.76. The van der Waals surface area contributed by atoms with Gasteiger partial charge in [-0.1, -0.05) is 20.8 Å². The van der Waals surface area contributed by atoms with Crippen LogP contribution >= 0.6 is 0 Å². The van der Waals surface area contributed by atoms with Gasteiger partial charge in [-0.2, -0.15) is 0 Å². The van der Waals surface area contributed by atoms with E-state index in [4.69, 9.17) is 20.1 Å². The number of hydrogen-bond donors (Lipinski definition) is 3. The Bertz CT molecular complexity index is 452. The quantitative estimate of drug-likeness (QED) is 0.708. The van der Waals surface area contributed by atoms with Crippen LogP contribution in [-0.4, -0.2) is 33.7 Å². The van der Waals surface area contributed by atoms with Crippen molar-refractivity contribution >= 4 is 18.4 Å². The molecule has 0 aliphatic rings. The lowest BCUT2D eigenvalue weighted by Crippen LogP contribution is -2.14. The van der Waals surface area contributed by atoms with Crippen molar-refractivity contribution in [1.29, 1.82) is 0 Å². The molecule has 0 unspecified atom stereocenters. The number of benzene rings is 1. The molecule has 0 saturated carbocycles. The molecule has 19 heavy (non-hydrogen) atoms. The van der Waals surface area contributed by atoms with Gasteiger partial charge in [-0.05, 0) is 29.2 Å². The fourth-order valence-electron chi connectivity index (χ4n) is 1.31. The second kappa shape index (κ2) is 6.53. The molecule has 0 atom stereocenters. The number of hydrogen-bond acceptors (Lipinski definition) is 3. The Hall–Kier alpha value is -2.37. The van der Waals surface area contributed by atoms with Crippen LogP contribution in [0.5, 0.6) is 0 Å². The molecule has 0 amide bonds. The highest BCUT2D eigenvalue weighted by Gasteiger charge is 2.19. The average Bonchev–Trinajstić information content (AvgIpc) is 2.28. The van der Waals surface area contributed by atoms with Crippen molar-refractivity contribution in [3.63, 3.8) is 0 Å². The summed E-state index contributed by atoms with van der Waals surface area (Å²) in [6.07, 6.45) is 0. The van der Waals surface area contributed by atoms with E-state index in [1.807, 2.05) is 20.8 Å². The fraction of sp³-hybridized carbons (Fsp3) is 0.308. The van der Waals surface area contributed by atoms with Gasteiger partial charge in [0.1, 0.15) is 0 Å². The molecule has 1 aromatic rings. The third kappa shape index (κ3) is 5.20. The van der Waals surface area contributed by atoms with Gasteiger partial charge in [0.15, 0.2) is 0 Å². The zero-order valence-electron chi connectivity index (χ0n) is 10.9.